The number of rotatable bonds is 5. The number of anilines is 1. The van der Waals surface area contributed by atoms with Gasteiger partial charge in [-0.25, -0.2) is 14.8 Å². The van der Waals surface area contributed by atoms with Crippen LogP contribution >= 0.6 is 0 Å². The summed E-state index contributed by atoms with van der Waals surface area (Å²) in [5, 5.41) is 3.23. The Balaban J connectivity index is 1.29. The van der Waals surface area contributed by atoms with Crippen LogP contribution in [0.15, 0.2) is 42.7 Å². The van der Waals surface area contributed by atoms with Crippen molar-refractivity contribution in [2.75, 3.05) is 31.6 Å². The van der Waals surface area contributed by atoms with Crippen LogP contribution in [0.3, 0.4) is 0 Å². The SMILES string of the molecule is O=C1OCC2CN(Cc3cnc(NCc4ccccc4)nc3)CCN12. The largest absolute Gasteiger partial charge is 0.447 e. The fourth-order valence-corrected chi connectivity index (χ4v) is 3.26. The smallest absolute Gasteiger partial charge is 0.410 e. The van der Waals surface area contributed by atoms with Gasteiger partial charge in [0.1, 0.15) is 6.61 Å². The molecule has 2 fully saturated rings. The van der Waals surface area contributed by atoms with Crippen LogP contribution in [0.2, 0.25) is 0 Å². The zero-order chi connectivity index (χ0) is 17.1. The normalized spacial score (nSPS) is 20.2. The second-order valence-corrected chi connectivity index (χ2v) is 6.41. The Hall–Kier alpha value is -2.67. The van der Waals surface area contributed by atoms with Crippen LogP contribution in [-0.4, -0.2) is 58.1 Å². The number of nitrogens with one attached hydrogen (secondary N) is 1. The van der Waals surface area contributed by atoms with E-state index >= 15 is 0 Å². The number of hydrogen-bond donors (Lipinski definition) is 1. The quantitative estimate of drug-likeness (QED) is 0.894. The lowest BCUT2D eigenvalue weighted by atomic mass is 10.2. The molecule has 1 amide bonds. The number of hydrogen-bond acceptors (Lipinski definition) is 6. The Bertz CT molecular complexity index is 722. The Kier molecular flexibility index (Phi) is 4.47. The molecule has 2 saturated heterocycles. The van der Waals surface area contributed by atoms with Crippen LogP contribution in [0.25, 0.3) is 0 Å². The third kappa shape index (κ3) is 3.71. The summed E-state index contributed by atoms with van der Waals surface area (Å²) in [5.74, 6) is 0.632. The molecular weight excluding hydrogens is 318 g/mol. The molecule has 0 spiro atoms. The van der Waals surface area contributed by atoms with Gasteiger partial charge in [0.2, 0.25) is 5.95 Å². The highest BCUT2D eigenvalue weighted by atomic mass is 16.6. The molecule has 0 aliphatic carbocycles. The van der Waals surface area contributed by atoms with Gasteiger partial charge in [-0.2, -0.15) is 0 Å². The molecule has 2 aromatic rings. The second-order valence-electron chi connectivity index (χ2n) is 6.41. The molecule has 130 valence electrons. The fourth-order valence-electron chi connectivity index (χ4n) is 3.26. The van der Waals surface area contributed by atoms with Gasteiger partial charge in [0, 0.05) is 50.7 Å². The third-order valence-corrected chi connectivity index (χ3v) is 4.61. The van der Waals surface area contributed by atoms with Crippen molar-refractivity contribution in [3.05, 3.63) is 53.9 Å². The first-order valence-electron chi connectivity index (χ1n) is 8.52. The predicted octanol–water partition coefficient (Wildman–Crippen LogP) is 1.73. The topological polar surface area (TPSA) is 70.6 Å². The maximum Gasteiger partial charge on any atom is 0.410 e. The Labute approximate surface area is 146 Å². The van der Waals surface area contributed by atoms with Crippen molar-refractivity contribution in [1.82, 2.24) is 19.8 Å². The number of cyclic esters (lactones) is 1. The number of piperazine rings is 1. The molecule has 1 unspecified atom stereocenters. The minimum atomic E-state index is -0.179. The van der Waals surface area contributed by atoms with Crippen molar-refractivity contribution in [3.63, 3.8) is 0 Å². The van der Waals surface area contributed by atoms with Crippen molar-refractivity contribution in [1.29, 1.82) is 0 Å². The number of carbonyl (C=O) groups excluding carboxylic acids is 1. The number of fused-ring (bicyclic) bond motifs is 1. The van der Waals surface area contributed by atoms with Crippen LogP contribution in [0, 0.1) is 0 Å². The zero-order valence-electron chi connectivity index (χ0n) is 14.0. The minimum absolute atomic E-state index is 0.175. The summed E-state index contributed by atoms with van der Waals surface area (Å²) in [6.45, 7) is 4.39. The molecule has 0 radical (unpaired) electrons. The van der Waals surface area contributed by atoms with E-state index in [9.17, 15) is 4.79 Å². The number of benzene rings is 1. The van der Waals surface area contributed by atoms with Gasteiger partial charge >= 0.3 is 6.09 Å². The molecule has 2 aliphatic heterocycles. The first kappa shape index (κ1) is 15.8. The lowest BCUT2D eigenvalue weighted by Crippen LogP contribution is -2.51. The summed E-state index contributed by atoms with van der Waals surface area (Å²) in [7, 11) is 0. The van der Waals surface area contributed by atoms with Gasteiger partial charge in [-0.05, 0) is 5.56 Å². The molecule has 1 N–H and O–H groups in total. The Morgan fingerprint density at radius 2 is 1.92 bits per heavy atom. The number of amides is 1. The zero-order valence-corrected chi connectivity index (χ0v) is 14.0. The van der Waals surface area contributed by atoms with Crippen molar-refractivity contribution in [3.8, 4) is 0 Å². The molecule has 1 aromatic heterocycles. The second kappa shape index (κ2) is 7.06. The molecule has 7 nitrogen and oxygen atoms in total. The highest BCUT2D eigenvalue weighted by molar-refractivity contribution is 5.70. The first-order chi connectivity index (χ1) is 12.3. The van der Waals surface area contributed by atoms with E-state index in [2.05, 4.69) is 32.3 Å². The van der Waals surface area contributed by atoms with E-state index in [0.29, 0.717) is 19.1 Å². The van der Waals surface area contributed by atoms with E-state index < -0.39 is 0 Å². The average molecular weight is 339 g/mol. The number of nitrogens with zero attached hydrogens (tertiary/aromatic N) is 4. The van der Waals surface area contributed by atoms with Crippen LogP contribution in [0.4, 0.5) is 10.7 Å². The standard InChI is InChI=1S/C18H21N5O2/c24-18-23-7-6-22(12-16(23)13-25-18)11-15-9-20-17(21-10-15)19-8-14-4-2-1-3-5-14/h1-5,9-10,16H,6-8,11-13H2,(H,19,20,21). The maximum absolute atomic E-state index is 11.5. The van der Waals surface area contributed by atoms with Crippen LogP contribution in [-0.2, 0) is 17.8 Å². The van der Waals surface area contributed by atoms with Gasteiger partial charge in [0.25, 0.3) is 0 Å². The van der Waals surface area contributed by atoms with Crippen LogP contribution in [0.5, 0.6) is 0 Å². The number of ether oxygens (including phenoxy) is 1. The fraction of sp³-hybridized carbons (Fsp3) is 0.389. The summed E-state index contributed by atoms with van der Waals surface area (Å²) in [6, 6.07) is 10.3. The summed E-state index contributed by atoms with van der Waals surface area (Å²) < 4.78 is 5.10. The van der Waals surface area contributed by atoms with Crippen molar-refractivity contribution >= 4 is 12.0 Å². The minimum Gasteiger partial charge on any atom is -0.447 e. The van der Waals surface area contributed by atoms with E-state index in [4.69, 9.17) is 4.74 Å². The lowest BCUT2D eigenvalue weighted by Gasteiger charge is -2.35. The Morgan fingerprint density at radius 1 is 1.12 bits per heavy atom. The molecule has 4 rings (SSSR count). The third-order valence-electron chi connectivity index (χ3n) is 4.61. The summed E-state index contributed by atoms with van der Waals surface area (Å²) in [6.07, 6.45) is 3.55. The van der Waals surface area contributed by atoms with E-state index in [0.717, 1.165) is 31.7 Å². The van der Waals surface area contributed by atoms with Crippen molar-refractivity contribution in [2.45, 2.75) is 19.1 Å². The van der Waals surface area contributed by atoms with Crippen LogP contribution in [0.1, 0.15) is 11.1 Å². The van der Waals surface area contributed by atoms with Crippen molar-refractivity contribution in [2.24, 2.45) is 0 Å². The summed E-state index contributed by atoms with van der Waals surface area (Å²) >= 11 is 0. The molecule has 0 bridgehead atoms. The molecule has 0 saturated carbocycles. The maximum atomic E-state index is 11.5. The van der Waals surface area contributed by atoms with Crippen LogP contribution < -0.4 is 5.32 Å². The monoisotopic (exact) mass is 339 g/mol. The molecular formula is C18H21N5O2. The molecule has 1 atom stereocenters. The molecule has 7 heteroatoms. The van der Waals surface area contributed by atoms with Gasteiger partial charge in [-0.15, -0.1) is 0 Å². The van der Waals surface area contributed by atoms with Gasteiger partial charge in [0.05, 0.1) is 6.04 Å². The molecule has 2 aliphatic rings. The predicted molar refractivity (Wildman–Crippen MR) is 92.9 cm³/mol. The first-order valence-corrected chi connectivity index (χ1v) is 8.52. The number of carbonyl (C=O) groups is 1. The lowest BCUT2D eigenvalue weighted by molar-refractivity contribution is 0.115. The summed E-state index contributed by atoms with van der Waals surface area (Å²) in [4.78, 5) is 24.5. The van der Waals surface area contributed by atoms with Gasteiger partial charge < -0.3 is 10.1 Å². The highest BCUT2D eigenvalue weighted by Gasteiger charge is 2.37. The van der Waals surface area contributed by atoms with Gasteiger partial charge in [-0.1, -0.05) is 30.3 Å². The Morgan fingerprint density at radius 3 is 2.72 bits per heavy atom. The van der Waals surface area contributed by atoms with E-state index in [1.54, 1.807) is 0 Å². The van der Waals surface area contributed by atoms with Gasteiger partial charge in [-0.3, -0.25) is 9.80 Å². The average Bonchev–Trinajstić information content (AvgIpc) is 3.02. The van der Waals surface area contributed by atoms with E-state index in [1.807, 2.05) is 35.5 Å². The van der Waals surface area contributed by atoms with Crippen molar-refractivity contribution < 1.29 is 9.53 Å². The summed E-state index contributed by atoms with van der Waals surface area (Å²) in [5.41, 5.74) is 2.27. The van der Waals surface area contributed by atoms with E-state index in [1.165, 1.54) is 5.56 Å². The highest BCUT2D eigenvalue weighted by Crippen LogP contribution is 2.19. The van der Waals surface area contributed by atoms with Gasteiger partial charge in [0.15, 0.2) is 0 Å². The molecule has 25 heavy (non-hydrogen) atoms. The molecule has 3 heterocycles. The van der Waals surface area contributed by atoms with E-state index in [-0.39, 0.29) is 12.1 Å². The number of aromatic nitrogens is 2. The molecule has 1 aromatic carbocycles.